The predicted molar refractivity (Wildman–Crippen MR) is 74.1 cm³/mol. The largest absolute Gasteiger partial charge is 0.323 e. The molecule has 0 bridgehead atoms. The van der Waals surface area contributed by atoms with Gasteiger partial charge < -0.3 is 0 Å². The third kappa shape index (κ3) is 3.48. The molecule has 11 heteroatoms. The highest BCUT2D eigenvalue weighted by Gasteiger charge is 2.28. The van der Waals surface area contributed by atoms with Crippen LogP contribution in [0.2, 0.25) is 0 Å². The molecule has 1 rings (SSSR count). The van der Waals surface area contributed by atoms with E-state index in [-0.39, 0.29) is 14.7 Å². The number of rotatable bonds is 3. The summed E-state index contributed by atoms with van der Waals surface area (Å²) < 4.78 is 64.4. The fourth-order valence-corrected chi connectivity index (χ4v) is 2.76. The molecule has 0 unspecified atom stereocenters. The summed E-state index contributed by atoms with van der Waals surface area (Å²) in [7, 11) is 0. The number of nitro groups is 1. The molecule has 0 spiro atoms. The Morgan fingerprint density at radius 1 is 0.947 bits per heavy atom. The summed E-state index contributed by atoms with van der Waals surface area (Å²) >= 11 is 2.74. The van der Waals surface area contributed by atoms with Crippen LogP contribution in [0.1, 0.15) is 0 Å². The zero-order chi connectivity index (χ0) is 14.9. The molecular weight excluding hydrogens is 523 g/mol. The van der Waals surface area contributed by atoms with Crippen molar-refractivity contribution in [3.05, 3.63) is 45.8 Å². The lowest BCUT2D eigenvalue weighted by atomic mass is 10.3. The van der Waals surface area contributed by atoms with Crippen LogP contribution in [-0.4, -0.2) is 4.92 Å². The minimum Gasteiger partial charge on any atom is -0.258 e. The first-order valence-corrected chi connectivity index (χ1v) is 7.04. The van der Waals surface area contributed by atoms with Crippen molar-refractivity contribution in [2.75, 3.05) is 0 Å². The van der Waals surface area contributed by atoms with Crippen molar-refractivity contribution >= 4 is 56.9 Å². The Kier molecular flexibility index (Phi) is 5.78. The average molecular weight is 523 g/mol. The van der Waals surface area contributed by atoms with Crippen molar-refractivity contribution in [2.24, 2.45) is 0 Å². The smallest absolute Gasteiger partial charge is 0.258 e. The molecule has 0 aliphatic heterocycles. The lowest BCUT2D eigenvalue weighted by Crippen LogP contribution is -2.03. The molecule has 0 radical (unpaired) electrons. The van der Waals surface area contributed by atoms with Gasteiger partial charge in [0.05, 0.1) is 9.82 Å². The van der Waals surface area contributed by atoms with Gasteiger partial charge in [-0.15, -0.1) is 0 Å². The molecule has 3 nitrogen and oxygen atoms in total. The molecule has 0 heterocycles. The van der Waals surface area contributed by atoms with Gasteiger partial charge in [-0.05, 0) is 22.6 Å². The third-order valence-corrected chi connectivity index (χ3v) is 6.12. The van der Waals surface area contributed by atoms with Crippen LogP contribution >= 0.6 is 56.9 Å². The molecule has 104 valence electrons. The van der Waals surface area contributed by atoms with Crippen LogP contribution < -0.4 is 0 Å². The maximum absolute atomic E-state index is 13.3. The monoisotopic (exact) mass is 523 g/mol. The maximum atomic E-state index is 13.3. The number of benzene rings is 1. The van der Waals surface area contributed by atoms with Gasteiger partial charge in [-0.3, -0.25) is 10.1 Å². The molecule has 0 aromatic heterocycles. The lowest BCUT2D eigenvalue weighted by Gasteiger charge is -2.06. The van der Waals surface area contributed by atoms with E-state index in [0.717, 1.165) is 0 Å². The second kappa shape index (κ2) is 6.51. The number of hydrogen-bond donors (Lipinski definition) is 0. The van der Waals surface area contributed by atoms with Crippen LogP contribution in [0.3, 0.4) is 0 Å². The lowest BCUT2D eigenvalue weighted by molar-refractivity contribution is -0.406. The van der Waals surface area contributed by atoms with Gasteiger partial charge in [0.1, 0.15) is 2.91 Å². The highest BCUT2D eigenvalue weighted by atomic mass is 127. The number of halogens is 7. The second-order valence-corrected chi connectivity index (χ2v) is 6.68. The van der Waals surface area contributed by atoms with E-state index in [0.29, 0.717) is 0 Å². The van der Waals surface area contributed by atoms with E-state index in [2.05, 4.69) is 0 Å². The SMILES string of the molecule is O=[N+]([O-])/C(I)=C(/I)Sc1c(F)c(F)c(F)c(F)c1F. The van der Waals surface area contributed by atoms with Gasteiger partial charge in [0.2, 0.25) is 5.82 Å². The normalized spacial score (nSPS) is 12.4. The summed E-state index contributed by atoms with van der Waals surface area (Å²) in [5, 5.41) is 10.4. The first-order valence-electron chi connectivity index (χ1n) is 4.07. The highest BCUT2D eigenvalue weighted by Crippen LogP contribution is 2.40. The van der Waals surface area contributed by atoms with Gasteiger partial charge in [-0.25, -0.2) is 22.0 Å². The minimum atomic E-state index is -2.28. The zero-order valence-corrected chi connectivity index (χ0v) is 13.4. The van der Waals surface area contributed by atoms with Crippen molar-refractivity contribution in [3.8, 4) is 0 Å². The Bertz CT molecular complexity index is 566. The number of thioether (sulfide) groups is 1. The first kappa shape index (κ1) is 16.9. The van der Waals surface area contributed by atoms with Crippen molar-refractivity contribution in [1.29, 1.82) is 0 Å². The predicted octanol–water partition coefficient (Wildman–Crippen LogP) is 4.75. The molecule has 1 aromatic rings. The van der Waals surface area contributed by atoms with Gasteiger partial charge in [-0.2, -0.15) is 0 Å². The number of nitrogens with zero attached hydrogens (tertiary/aromatic N) is 1. The van der Waals surface area contributed by atoms with Crippen molar-refractivity contribution < 1.29 is 26.9 Å². The molecule has 0 amide bonds. The van der Waals surface area contributed by atoms with E-state index in [1.807, 2.05) is 0 Å². The Morgan fingerprint density at radius 3 is 1.68 bits per heavy atom. The average Bonchev–Trinajstić information content (AvgIpc) is 2.37. The third-order valence-electron chi connectivity index (χ3n) is 1.68. The van der Waals surface area contributed by atoms with Gasteiger partial charge in [0.15, 0.2) is 23.3 Å². The summed E-state index contributed by atoms with van der Waals surface area (Å²) in [5.74, 6) is -10.5. The molecule has 0 saturated carbocycles. The molecule has 0 aliphatic rings. The van der Waals surface area contributed by atoms with Crippen LogP contribution in [-0.2, 0) is 0 Å². The van der Waals surface area contributed by atoms with Gasteiger partial charge >= 0.3 is 3.70 Å². The molecule has 0 fully saturated rings. The number of hydrogen-bond acceptors (Lipinski definition) is 3. The van der Waals surface area contributed by atoms with E-state index in [1.54, 1.807) is 0 Å². The molecule has 0 atom stereocenters. The van der Waals surface area contributed by atoms with Gasteiger partial charge in [0.25, 0.3) is 0 Å². The Morgan fingerprint density at radius 2 is 1.32 bits per heavy atom. The van der Waals surface area contributed by atoms with Crippen molar-refractivity contribution in [3.63, 3.8) is 0 Å². The maximum Gasteiger partial charge on any atom is 0.323 e. The standard InChI is InChI=1S/C8F5I2NO2S/c9-1-2(10)4(12)6(5(13)3(1)11)19-8(15)7(14)16(17)18/b8-7-. The molecule has 19 heavy (non-hydrogen) atoms. The van der Waals surface area contributed by atoms with Crippen LogP contribution in [0.5, 0.6) is 0 Å². The van der Waals surface area contributed by atoms with Crippen LogP contribution in [0.25, 0.3) is 0 Å². The first-order chi connectivity index (χ1) is 8.68. The van der Waals surface area contributed by atoms with E-state index >= 15 is 0 Å². The van der Waals surface area contributed by atoms with E-state index in [1.165, 1.54) is 45.2 Å². The fraction of sp³-hybridized carbons (Fsp3) is 0. The van der Waals surface area contributed by atoms with Crippen molar-refractivity contribution in [2.45, 2.75) is 4.90 Å². The summed E-state index contributed by atoms with van der Waals surface area (Å²) in [6.45, 7) is 0. The van der Waals surface area contributed by atoms with E-state index in [9.17, 15) is 32.1 Å². The molecule has 0 N–H and O–H groups in total. The summed E-state index contributed by atoms with van der Waals surface area (Å²) in [5.41, 5.74) is 0. The van der Waals surface area contributed by atoms with Crippen LogP contribution in [0.4, 0.5) is 22.0 Å². The molecule has 0 aliphatic carbocycles. The zero-order valence-electron chi connectivity index (χ0n) is 8.32. The fourth-order valence-electron chi connectivity index (χ4n) is 0.878. The summed E-state index contributed by atoms with van der Waals surface area (Å²) in [4.78, 5) is 8.39. The Labute approximate surface area is 134 Å². The topological polar surface area (TPSA) is 43.1 Å². The molecule has 0 saturated heterocycles. The summed E-state index contributed by atoms with van der Waals surface area (Å²) in [6.07, 6.45) is 0. The van der Waals surface area contributed by atoms with Gasteiger partial charge in [-0.1, -0.05) is 11.8 Å². The molecule has 1 aromatic carbocycles. The van der Waals surface area contributed by atoms with Gasteiger partial charge in [0, 0.05) is 22.6 Å². The van der Waals surface area contributed by atoms with E-state index < -0.39 is 42.6 Å². The van der Waals surface area contributed by atoms with Crippen LogP contribution in [0, 0.1) is 39.2 Å². The Balaban J connectivity index is 3.39. The second-order valence-electron chi connectivity index (χ2n) is 2.82. The minimum absolute atomic E-state index is 0.0907. The quantitative estimate of drug-likeness (QED) is 0.0841. The Hall–Kier alpha value is -0.180. The molecular formula is C8F5I2NO2S. The highest BCUT2D eigenvalue weighted by molar-refractivity contribution is 14.1. The van der Waals surface area contributed by atoms with Crippen molar-refractivity contribution in [1.82, 2.24) is 0 Å². The summed E-state index contributed by atoms with van der Waals surface area (Å²) in [6, 6.07) is 0. The van der Waals surface area contributed by atoms with E-state index in [4.69, 9.17) is 0 Å². The van der Waals surface area contributed by atoms with Crippen LogP contribution in [0.15, 0.2) is 11.5 Å².